The number of nitrogens with one attached hydrogen (secondary N) is 1. The number of morpholine rings is 1. The predicted molar refractivity (Wildman–Crippen MR) is 99.6 cm³/mol. The standard InChI is InChI=1S/C19H27N5O/c1-14-5-6-17(15(2)9-14)18-13-24(7-8-25-18)19(20-3)21-10-16-11-22-23(4)12-16/h5-6,9,11-12,18H,7-8,10,13H2,1-4H3,(H,20,21). The van der Waals surface area contributed by atoms with E-state index >= 15 is 0 Å². The average Bonchev–Trinajstić information content (AvgIpc) is 3.01. The molecule has 0 radical (unpaired) electrons. The first-order valence-corrected chi connectivity index (χ1v) is 8.68. The van der Waals surface area contributed by atoms with Crippen LogP contribution in [0.15, 0.2) is 35.6 Å². The summed E-state index contributed by atoms with van der Waals surface area (Å²) in [7, 11) is 3.75. The van der Waals surface area contributed by atoms with Crippen molar-refractivity contribution >= 4 is 5.96 Å². The van der Waals surface area contributed by atoms with Gasteiger partial charge in [0.1, 0.15) is 6.10 Å². The number of benzene rings is 1. The minimum Gasteiger partial charge on any atom is -0.370 e. The molecular formula is C19H27N5O. The quantitative estimate of drug-likeness (QED) is 0.687. The molecule has 0 saturated carbocycles. The fraction of sp³-hybridized carbons (Fsp3) is 0.474. The molecule has 134 valence electrons. The van der Waals surface area contributed by atoms with Crippen LogP contribution in [-0.2, 0) is 18.3 Å². The van der Waals surface area contributed by atoms with Gasteiger partial charge in [-0.2, -0.15) is 5.10 Å². The molecule has 1 aliphatic rings. The zero-order valence-electron chi connectivity index (χ0n) is 15.5. The molecule has 3 rings (SSSR count). The number of hydrogen-bond acceptors (Lipinski definition) is 3. The van der Waals surface area contributed by atoms with Crippen LogP contribution in [0.4, 0.5) is 0 Å². The van der Waals surface area contributed by atoms with Gasteiger partial charge in [0, 0.05) is 38.9 Å². The molecular weight excluding hydrogens is 314 g/mol. The van der Waals surface area contributed by atoms with Crippen molar-refractivity contribution in [2.45, 2.75) is 26.5 Å². The third-order valence-corrected chi connectivity index (χ3v) is 4.56. The summed E-state index contributed by atoms with van der Waals surface area (Å²) < 4.78 is 7.85. The van der Waals surface area contributed by atoms with Crippen molar-refractivity contribution in [2.75, 3.05) is 26.7 Å². The van der Waals surface area contributed by atoms with E-state index in [0.29, 0.717) is 13.2 Å². The Kier molecular flexibility index (Phi) is 5.38. The minimum absolute atomic E-state index is 0.0753. The first kappa shape index (κ1) is 17.5. The highest BCUT2D eigenvalue weighted by atomic mass is 16.5. The maximum Gasteiger partial charge on any atom is 0.194 e. The predicted octanol–water partition coefficient (Wildman–Crippen LogP) is 2.19. The summed E-state index contributed by atoms with van der Waals surface area (Å²) in [5.41, 5.74) is 4.97. The molecule has 1 N–H and O–H groups in total. The van der Waals surface area contributed by atoms with Gasteiger partial charge >= 0.3 is 0 Å². The van der Waals surface area contributed by atoms with Crippen molar-refractivity contribution < 1.29 is 4.74 Å². The van der Waals surface area contributed by atoms with Crippen molar-refractivity contribution in [3.8, 4) is 0 Å². The van der Waals surface area contributed by atoms with Crippen LogP contribution in [0, 0.1) is 13.8 Å². The summed E-state index contributed by atoms with van der Waals surface area (Å²) in [6, 6.07) is 6.55. The topological polar surface area (TPSA) is 54.7 Å². The van der Waals surface area contributed by atoms with Crippen molar-refractivity contribution in [1.82, 2.24) is 20.0 Å². The van der Waals surface area contributed by atoms with E-state index in [1.807, 2.05) is 31.2 Å². The van der Waals surface area contributed by atoms with Gasteiger partial charge < -0.3 is 15.0 Å². The van der Waals surface area contributed by atoms with Crippen molar-refractivity contribution in [3.63, 3.8) is 0 Å². The van der Waals surface area contributed by atoms with E-state index in [9.17, 15) is 0 Å². The van der Waals surface area contributed by atoms with Crippen LogP contribution < -0.4 is 5.32 Å². The van der Waals surface area contributed by atoms with Crippen molar-refractivity contribution in [2.24, 2.45) is 12.0 Å². The molecule has 6 heteroatoms. The van der Waals surface area contributed by atoms with Crippen molar-refractivity contribution in [1.29, 1.82) is 0 Å². The van der Waals surface area contributed by atoms with Gasteiger partial charge in [-0.05, 0) is 25.0 Å². The summed E-state index contributed by atoms with van der Waals surface area (Å²) in [6.07, 6.45) is 3.96. The van der Waals surface area contributed by atoms with Crippen LogP contribution in [0.2, 0.25) is 0 Å². The molecule has 0 amide bonds. The molecule has 2 heterocycles. The van der Waals surface area contributed by atoms with Crippen LogP contribution in [0.25, 0.3) is 0 Å². The number of ether oxygens (including phenoxy) is 1. The number of hydrogen-bond donors (Lipinski definition) is 1. The number of aromatic nitrogens is 2. The fourth-order valence-corrected chi connectivity index (χ4v) is 3.29. The monoisotopic (exact) mass is 341 g/mol. The lowest BCUT2D eigenvalue weighted by Crippen LogP contribution is -2.48. The van der Waals surface area contributed by atoms with E-state index in [4.69, 9.17) is 4.74 Å². The lowest BCUT2D eigenvalue weighted by molar-refractivity contribution is -0.00834. The lowest BCUT2D eigenvalue weighted by Gasteiger charge is -2.35. The van der Waals surface area contributed by atoms with Gasteiger partial charge in [0.25, 0.3) is 0 Å². The Morgan fingerprint density at radius 1 is 1.40 bits per heavy atom. The smallest absolute Gasteiger partial charge is 0.194 e. The first-order valence-electron chi connectivity index (χ1n) is 8.68. The van der Waals surface area contributed by atoms with Gasteiger partial charge in [-0.25, -0.2) is 0 Å². The Balaban J connectivity index is 1.66. The van der Waals surface area contributed by atoms with E-state index < -0.39 is 0 Å². The highest BCUT2D eigenvalue weighted by molar-refractivity contribution is 5.80. The molecule has 0 bridgehead atoms. The van der Waals surface area contributed by atoms with E-state index in [1.165, 1.54) is 16.7 Å². The van der Waals surface area contributed by atoms with Gasteiger partial charge in [-0.1, -0.05) is 23.8 Å². The van der Waals surface area contributed by atoms with Gasteiger partial charge in [-0.3, -0.25) is 9.67 Å². The molecule has 1 atom stereocenters. The second kappa shape index (κ2) is 7.70. The molecule has 1 aliphatic heterocycles. The van der Waals surface area contributed by atoms with E-state index in [2.05, 4.69) is 52.4 Å². The van der Waals surface area contributed by atoms with E-state index in [0.717, 1.165) is 24.6 Å². The third kappa shape index (κ3) is 4.20. The Labute approximate surface area is 149 Å². The van der Waals surface area contributed by atoms with Crippen LogP contribution in [-0.4, -0.2) is 47.4 Å². The van der Waals surface area contributed by atoms with Gasteiger partial charge in [0.15, 0.2) is 5.96 Å². The normalized spacial score (nSPS) is 18.5. The Morgan fingerprint density at radius 3 is 2.92 bits per heavy atom. The molecule has 1 fully saturated rings. The van der Waals surface area contributed by atoms with Gasteiger partial charge in [0.2, 0.25) is 0 Å². The fourth-order valence-electron chi connectivity index (χ4n) is 3.29. The molecule has 1 unspecified atom stereocenters. The lowest BCUT2D eigenvalue weighted by atomic mass is 10.00. The maximum absolute atomic E-state index is 6.04. The number of aliphatic imine (C=N–C) groups is 1. The molecule has 1 saturated heterocycles. The van der Waals surface area contributed by atoms with E-state index in [1.54, 1.807) is 0 Å². The summed E-state index contributed by atoms with van der Waals surface area (Å²) in [4.78, 5) is 6.71. The second-order valence-electron chi connectivity index (χ2n) is 6.59. The van der Waals surface area contributed by atoms with Gasteiger partial charge in [0.05, 0.1) is 19.3 Å². The molecule has 2 aromatic rings. The molecule has 1 aromatic heterocycles. The highest BCUT2D eigenvalue weighted by Crippen LogP contribution is 2.25. The zero-order valence-corrected chi connectivity index (χ0v) is 15.5. The van der Waals surface area contributed by atoms with Crippen LogP contribution in [0.3, 0.4) is 0 Å². The summed E-state index contributed by atoms with van der Waals surface area (Å²) in [5, 5.41) is 7.64. The molecule has 1 aromatic carbocycles. The van der Waals surface area contributed by atoms with Crippen molar-refractivity contribution in [3.05, 3.63) is 52.8 Å². The first-order chi connectivity index (χ1) is 12.1. The largest absolute Gasteiger partial charge is 0.370 e. The third-order valence-electron chi connectivity index (χ3n) is 4.56. The molecule has 6 nitrogen and oxygen atoms in total. The number of nitrogens with zero attached hydrogens (tertiary/aromatic N) is 4. The average molecular weight is 341 g/mol. The minimum atomic E-state index is 0.0753. The summed E-state index contributed by atoms with van der Waals surface area (Å²) in [6.45, 7) is 7.33. The molecule has 0 aliphatic carbocycles. The van der Waals surface area contributed by atoms with E-state index in [-0.39, 0.29) is 6.10 Å². The molecule has 0 spiro atoms. The zero-order chi connectivity index (χ0) is 17.8. The number of rotatable bonds is 3. The summed E-state index contributed by atoms with van der Waals surface area (Å²) in [5.74, 6) is 0.905. The SMILES string of the molecule is CN=C(NCc1cnn(C)c1)N1CCOC(c2ccc(C)cc2C)C1. The Hall–Kier alpha value is -2.34. The maximum atomic E-state index is 6.04. The van der Waals surface area contributed by atoms with Gasteiger partial charge in [-0.15, -0.1) is 0 Å². The Morgan fingerprint density at radius 2 is 2.24 bits per heavy atom. The highest BCUT2D eigenvalue weighted by Gasteiger charge is 2.25. The second-order valence-corrected chi connectivity index (χ2v) is 6.59. The van der Waals surface area contributed by atoms with Crippen LogP contribution in [0.1, 0.15) is 28.4 Å². The number of guanidine groups is 1. The number of aryl methyl sites for hydroxylation is 3. The molecule has 25 heavy (non-hydrogen) atoms. The van der Waals surface area contributed by atoms with Crippen LogP contribution >= 0.6 is 0 Å². The summed E-state index contributed by atoms with van der Waals surface area (Å²) >= 11 is 0. The van der Waals surface area contributed by atoms with Crippen LogP contribution in [0.5, 0.6) is 0 Å². The Bertz CT molecular complexity index is 752.